The second kappa shape index (κ2) is 5.54. The molecule has 0 aliphatic rings. The third-order valence-electron chi connectivity index (χ3n) is 2.43. The Kier molecular flexibility index (Phi) is 3.99. The molecule has 5 nitrogen and oxygen atoms in total. The second-order valence-corrected chi connectivity index (χ2v) is 5.74. The van der Waals surface area contributed by atoms with Crippen LogP contribution in [0.2, 0.25) is 5.02 Å². The molecule has 106 valence electrons. The molecule has 0 fully saturated rings. The highest BCUT2D eigenvalue weighted by molar-refractivity contribution is 6.31. The van der Waals surface area contributed by atoms with E-state index in [1.807, 2.05) is 26.8 Å². The Morgan fingerprint density at radius 1 is 1.40 bits per heavy atom. The lowest BCUT2D eigenvalue weighted by Crippen LogP contribution is -2.27. The molecule has 0 atom stereocenters. The molecule has 0 radical (unpaired) electrons. The highest BCUT2D eigenvalue weighted by atomic mass is 35.5. The van der Waals surface area contributed by atoms with E-state index in [0.717, 1.165) is 11.1 Å². The Labute approximate surface area is 122 Å². The van der Waals surface area contributed by atoms with Crippen LogP contribution < -0.4 is 5.32 Å². The summed E-state index contributed by atoms with van der Waals surface area (Å²) in [6, 6.07) is 5.25. The number of halogens is 1. The molecule has 2 aromatic rings. The molecule has 0 unspecified atom stereocenters. The molecule has 2 rings (SSSR count). The van der Waals surface area contributed by atoms with E-state index in [1.165, 1.54) is 0 Å². The maximum Gasteiger partial charge on any atom is 0.412 e. The molecule has 6 heteroatoms. The topological polar surface area (TPSA) is 67.0 Å². The number of carbonyl (C=O) groups is 1. The Morgan fingerprint density at radius 3 is 2.75 bits per heavy atom. The summed E-state index contributed by atoms with van der Waals surface area (Å²) in [5.41, 5.74) is 1.69. The van der Waals surface area contributed by atoms with Crippen LogP contribution in [0.15, 0.2) is 30.6 Å². The molecule has 0 saturated heterocycles. The Balaban J connectivity index is 2.27. The second-order valence-electron chi connectivity index (χ2n) is 5.30. The van der Waals surface area contributed by atoms with Gasteiger partial charge in [-0.1, -0.05) is 17.7 Å². The molecule has 2 N–H and O–H groups in total. The van der Waals surface area contributed by atoms with Crippen molar-refractivity contribution in [1.29, 1.82) is 0 Å². The van der Waals surface area contributed by atoms with Crippen molar-refractivity contribution in [2.45, 2.75) is 26.4 Å². The first-order valence-corrected chi connectivity index (χ1v) is 6.52. The number of carbonyl (C=O) groups excluding carboxylic acids is 1. The number of aromatic nitrogens is 2. The van der Waals surface area contributed by atoms with Crippen molar-refractivity contribution >= 4 is 23.4 Å². The van der Waals surface area contributed by atoms with Crippen LogP contribution >= 0.6 is 11.6 Å². The van der Waals surface area contributed by atoms with Gasteiger partial charge in [0.15, 0.2) is 0 Å². The van der Waals surface area contributed by atoms with E-state index in [9.17, 15) is 4.79 Å². The minimum absolute atomic E-state index is 0.524. The standard InChI is InChI=1S/C14H16ClN3O2/c1-14(2,3)20-13(19)18-12-6-10(15)4-5-11(12)9-7-16-17-8-9/h4-8H,1-3H3,(H,16,17)(H,18,19). The minimum atomic E-state index is -0.557. The summed E-state index contributed by atoms with van der Waals surface area (Å²) in [4.78, 5) is 11.9. The zero-order chi connectivity index (χ0) is 14.8. The van der Waals surface area contributed by atoms with E-state index < -0.39 is 11.7 Å². The molecule has 1 aromatic heterocycles. The molecule has 0 aliphatic carbocycles. The first kappa shape index (κ1) is 14.4. The van der Waals surface area contributed by atoms with Crippen molar-refractivity contribution in [2.24, 2.45) is 0 Å². The molecular formula is C14H16ClN3O2. The van der Waals surface area contributed by atoms with E-state index in [1.54, 1.807) is 24.5 Å². The molecule has 0 bridgehead atoms. The van der Waals surface area contributed by atoms with Crippen molar-refractivity contribution in [3.63, 3.8) is 0 Å². The van der Waals surface area contributed by atoms with Gasteiger partial charge in [-0.05, 0) is 32.9 Å². The number of hydrogen-bond donors (Lipinski definition) is 2. The third kappa shape index (κ3) is 3.74. The quantitative estimate of drug-likeness (QED) is 0.877. The number of aromatic amines is 1. The SMILES string of the molecule is CC(C)(C)OC(=O)Nc1cc(Cl)ccc1-c1cn[nH]c1. The first-order chi connectivity index (χ1) is 9.35. The van der Waals surface area contributed by atoms with E-state index >= 15 is 0 Å². The number of ether oxygens (including phenoxy) is 1. The third-order valence-corrected chi connectivity index (χ3v) is 2.66. The Hall–Kier alpha value is -2.01. The van der Waals surface area contributed by atoms with Crippen molar-refractivity contribution in [3.8, 4) is 11.1 Å². The smallest absolute Gasteiger partial charge is 0.412 e. The van der Waals surface area contributed by atoms with E-state index in [0.29, 0.717) is 10.7 Å². The summed E-state index contributed by atoms with van der Waals surface area (Å²) in [5, 5.41) is 9.87. The predicted molar refractivity (Wildman–Crippen MR) is 78.9 cm³/mol. The summed E-state index contributed by atoms with van der Waals surface area (Å²) in [5.74, 6) is 0. The minimum Gasteiger partial charge on any atom is -0.444 e. The monoisotopic (exact) mass is 293 g/mol. The number of nitrogens with zero attached hydrogens (tertiary/aromatic N) is 1. The molecule has 0 aliphatic heterocycles. The van der Waals surface area contributed by atoms with Crippen molar-refractivity contribution in [3.05, 3.63) is 35.6 Å². The Morgan fingerprint density at radius 2 is 2.15 bits per heavy atom. The van der Waals surface area contributed by atoms with Crippen LogP contribution in [0.4, 0.5) is 10.5 Å². The number of rotatable bonds is 2. The van der Waals surface area contributed by atoms with Crippen LogP contribution in [0, 0.1) is 0 Å². The number of amides is 1. The summed E-state index contributed by atoms with van der Waals surface area (Å²) in [6.45, 7) is 5.42. The van der Waals surface area contributed by atoms with Gasteiger partial charge in [-0.3, -0.25) is 10.4 Å². The summed E-state index contributed by atoms with van der Waals surface area (Å²) >= 11 is 5.98. The van der Waals surface area contributed by atoms with E-state index in [2.05, 4.69) is 15.5 Å². The van der Waals surface area contributed by atoms with Crippen LogP contribution in [0.5, 0.6) is 0 Å². The fourth-order valence-corrected chi connectivity index (χ4v) is 1.86. The maximum atomic E-state index is 11.9. The molecule has 0 spiro atoms. The van der Waals surface area contributed by atoms with Gasteiger partial charge in [-0.2, -0.15) is 5.10 Å². The van der Waals surface area contributed by atoms with Gasteiger partial charge in [-0.25, -0.2) is 4.79 Å². The molecule has 20 heavy (non-hydrogen) atoms. The summed E-state index contributed by atoms with van der Waals surface area (Å²) < 4.78 is 5.24. The van der Waals surface area contributed by atoms with Gasteiger partial charge in [0, 0.05) is 22.3 Å². The largest absolute Gasteiger partial charge is 0.444 e. The lowest BCUT2D eigenvalue weighted by Gasteiger charge is -2.20. The number of benzene rings is 1. The zero-order valence-electron chi connectivity index (χ0n) is 11.5. The van der Waals surface area contributed by atoms with Crippen molar-refractivity contribution < 1.29 is 9.53 Å². The molecule has 1 aromatic carbocycles. The molecule has 1 amide bonds. The van der Waals surface area contributed by atoms with Crippen LogP contribution in [-0.4, -0.2) is 21.9 Å². The summed E-state index contributed by atoms with van der Waals surface area (Å²) in [6.07, 6.45) is 2.89. The van der Waals surface area contributed by atoms with E-state index in [4.69, 9.17) is 16.3 Å². The number of hydrogen-bond acceptors (Lipinski definition) is 3. The maximum absolute atomic E-state index is 11.9. The van der Waals surface area contributed by atoms with Crippen molar-refractivity contribution in [2.75, 3.05) is 5.32 Å². The van der Waals surface area contributed by atoms with Crippen LogP contribution in [0.25, 0.3) is 11.1 Å². The molecular weight excluding hydrogens is 278 g/mol. The van der Waals surface area contributed by atoms with Gasteiger partial charge in [0.1, 0.15) is 5.60 Å². The van der Waals surface area contributed by atoms with Gasteiger partial charge in [0.05, 0.1) is 11.9 Å². The van der Waals surface area contributed by atoms with Gasteiger partial charge < -0.3 is 4.74 Å². The fraction of sp³-hybridized carbons (Fsp3) is 0.286. The van der Waals surface area contributed by atoms with Crippen LogP contribution in [0.1, 0.15) is 20.8 Å². The van der Waals surface area contributed by atoms with Crippen molar-refractivity contribution in [1.82, 2.24) is 10.2 Å². The van der Waals surface area contributed by atoms with Gasteiger partial charge >= 0.3 is 6.09 Å². The zero-order valence-corrected chi connectivity index (χ0v) is 12.3. The van der Waals surface area contributed by atoms with Crippen LogP contribution in [-0.2, 0) is 4.74 Å². The van der Waals surface area contributed by atoms with Gasteiger partial charge in [0.25, 0.3) is 0 Å². The normalized spacial score (nSPS) is 11.2. The number of H-pyrrole nitrogens is 1. The number of nitrogens with one attached hydrogen (secondary N) is 2. The molecule has 1 heterocycles. The van der Waals surface area contributed by atoms with Crippen LogP contribution in [0.3, 0.4) is 0 Å². The van der Waals surface area contributed by atoms with Gasteiger partial charge in [-0.15, -0.1) is 0 Å². The average Bonchev–Trinajstić information content (AvgIpc) is 2.79. The van der Waals surface area contributed by atoms with E-state index in [-0.39, 0.29) is 0 Å². The average molecular weight is 294 g/mol. The first-order valence-electron chi connectivity index (χ1n) is 6.14. The lowest BCUT2D eigenvalue weighted by atomic mass is 10.1. The highest BCUT2D eigenvalue weighted by Gasteiger charge is 2.18. The fourth-order valence-electron chi connectivity index (χ4n) is 1.68. The van der Waals surface area contributed by atoms with Gasteiger partial charge in [0.2, 0.25) is 0 Å². The predicted octanol–water partition coefficient (Wildman–Crippen LogP) is 4.08. The number of anilines is 1. The lowest BCUT2D eigenvalue weighted by molar-refractivity contribution is 0.0636. The summed E-state index contributed by atoms with van der Waals surface area (Å²) in [7, 11) is 0. The highest BCUT2D eigenvalue weighted by Crippen LogP contribution is 2.30. The molecule has 0 saturated carbocycles. The Bertz CT molecular complexity index is 603.